The lowest BCUT2D eigenvalue weighted by atomic mass is 10.4. The van der Waals surface area contributed by atoms with E-state index < -0.39 is 0 Å². The van der Waals surface area contributed by atoms with E-state index >= 15 is 0 Å². The molecule has 0 saturated carbocycles. The van der Waals surface area contributed by atoms with Gasteiger partial charge in [-0.3, -0.25) is 0 Å². The van der Waals surface area contributed by atoms with Crippen LogP contribution >= 0.6 is 22.9 Å². The molecule has 9 heavy (non-hydrogen) atoms. The van der Waals surface area contributed by atoms with Crippen molar-refractivity contribution in [3.8, 4) is 0 Å². The lowest BCUT2D eigenvalue weighted by Gasteiger charge is -1.84. The Morgan fingerprint density at radius 2 is 2.56 bits per heavy atom. The molecule has 0 fully saturated rings. The van der Waals surface area contributed by atoms with Gasteiger partial charge < -0.3 is 5.21 Å². The van der Waals surface area contributed by atoms with Gasteiger partial charge in [-0.25, -0.2) is 0 Å². The Balaban J connectivity index is 2.90. The van der Waals surface area contributed by atoms with Gasteiger partial charge in [0, 0.05) is 10.9 Å². The molecule has 0 aliphatic carbocycles. The molecule has 48 valence electrons. The van der Waals surface area contributed by atoms with Gasteiger partial charge in [-0.15, -0.1) is 0 Å². The zero-order valence-electron chi connectivity index (χ0n) is 4.41. The van der Waals surface area contributed by atoms with Crippen LogP contribution in [0.1, 0.15) is 5.56 Å². The zero-order valence-corrected chi connectivity index (χ0v) is 5.99. The molecular formula is C5H4ClNOS. The molecule has 0 amide bonds. The minimum atomic E-state index is 0.135. The van der Waals surface area contributed by atoms with Crippen molar-refractivity contribution in [3.05, 3.63) is 22.4 Å². The summed E-state index contributed by atoms with van der Waals surface area (Å²) in [5.74, 6) is 0. The molecule has 0 spiro atoms. The van der Waals surface area contributed by atoms with Crippen LogP contribution in [0.2, 0.25) is 0 Å². The van der Waals surface area contributed by atoms with Crippen molar-refractivity contribution in [2.45, 2.75) is 0 Å². The average molecular weight is 162 g/mol. The van der Waals surface area contributed by atoms with Gasteiger partial charge in [-0.1, -0.05) is 16.8 Å². The minimum Gasteiger partial charge on any atom is -0.410 e. The molecule has 0 aromatic carbocycles. The van der Waals surface area contributed by atoms with Gasteiger partial charge >= 0.3 is 0 Å². The van der Waals surface area contributed by atoms with E-state index in [2.05, 4.69) is 5.16 Å². The second kappa shape index (κ2) is 2.85. The van der Waals surface area contributed by atoms with Crippen LogP contribution in [-0.2, 0) is 0 Å². The summed E-state index contributed by atoms with van der Waals surface area (Å²) in [5.41, 5.74) is 0.754. The smallest absolute Gasteiger partial charge is 0.176 e. The summed E-state index contributed by atoms with van der Waals surface area (Å²) in [5, 5.41) is 14.8. The SMILES string of the molecule is O/N=C(\Cl)c1ccsc1. The monoisotopic (exact) mass is 161 g/mol. The van der Waals surface area contributed by atoms with Crippen molar-refractivity contribution in [2.75, 3.05) is 0 Å². The highest BCUT2D eigenvalue weighted by Gasteiger charge is 1.97. The van der Waals surface area contributed by atoms with Gasteiger partial charge in [0.2, 0.25) is 0 Å². The van der Waals surface area contributed by atoms with Crippen molar-refractivity contribution in [2.24, 2.45) is 5.16 Å². The van der Waals surface area contributed by atoms with Crippen LogP contribution in [0.25, 0.3) is 0 Å². The number of rotatable bonds is 1. The Labute approximate surface area is 61.4 Å². The lowest BCUT2D eigenvalue weighted by molar-refractivity contribution is 0.321. The Morgan fingerprint density at radius 3 is 3.00 bits per heavy atom. The van der Waals surface area contributed by atoms with Crippen LogP contribution in [0.4, 0.5) is 0 Å². The van der Waals surface area contributed by atoms with Crippen LogP contribution in [0.15, 0.2) is 22.0 Å². The number of hydrogen-bond acceptors (Lipinski definition) is 3. The van der Waals surface area contributed by atoms with E-state index in [0.717, 1.165) is 5.56 Å². The molecule has 2 nitrogen and oxygen atoms in total. The highest BCUT2D eigenvalue weighted by molar-refractivity contribution is 7.08. The molecule has 0 radical (unpaired) electrons. The molecule has 0 saturated heterocycles. The van der Waals surface area contributed by atoms with E-state index in [1.54, 1.807) is 6.07 Å². The number of oxime groups is 1. The molecule has 1 rings (SSSR count). The first-order valence-electron chi connectivity index (χ1n) is 2.24. The predicted molar refractivity (Wildman–Crippen MR) is 38.5 cm³/mol. The molecule has 1 N–H and O–H groups in total. The van der Waals surface area contributed by atoms with Crippen molar-refractivity contribution in [1.29, 1.82) is 0 Å². The summed E-state index contributed by atoms with van der Waals surface area (Å²) in [7, 11) is 0. The summed E-state index contributed by atoms with van der Waals surface area (Å²) in [6.45, 7) is 0. The molecule has 1 aromatic rings. The first-order chi connectivity index (χ1) is 4.34. The summed E-state index contributed by atoms with van der Waals surface area (Å²) < 4.78 is 0. The Kier molecular flexibility index (Phi) is 2.08. The summed E-state index contributed by atoms with van der Waals surface area (Å²) in [6, 6.07) is 1.78. The predicted octanol–water partition coefficient (Wildman–Crippen LogP) is 2.12. The van der Waals surface area contributed by atoms with E-state index in [1.807, 2.05) is 10.8 Å². The third-order valence-electron chi connectivity index (χ3n) is 0.847. The van der Waals surface area contributed by atoms with Gasteiger partial charge in [0.1, 0.15) is 0 Å². The van der Waals surface area contributed by atoms with Crippen LogP contribution in [0.5, 0.6) is 0 Å². The van der Waals surface area contributed by atoms with Crippen LogP contribution in [0.3, 0.4) is 0 Å². The van der Waals surface area contributed by atoms with Crippen molar-refractivity contribution < 1.29 is 5.21 Å². The van der Waals surface area contributed by atoms with Crippen molar-refractivity contribution in [1.82, 2.24) is 0 Å². The van der Waals surface area contributed by atoms with Gasteiger partial charge in [0.25, 0.3) is 0 Å². The highest BCUT2D eigenvalue weighted by atomic mass is 35.5. The standard InChI is InChI=1S/C5H4ClNOS/c6-5(7-8)4-1-2-9-3-4/h1-3,8H/b7-5-. The van der Waals surface area contributed by atoms with Gasteiger partial charge in [-0.2, -0.15) is 11.3 Å². The topological polar surface area (TPSA) is 32.6 Å². The van der Waals surface area contributed by atoms with E-state index in [-0.39, 0.29) is 5.17 Å². The molecule has 0 aliphatic rings. The normalized spacial score (nSPS) is 11.9. The first-order valence-corrected chi connectivity index (χ1v) is 3.57. The van der Waals surface area contributed by atoms with Crippen LogP contribution in [0, 0.1) is 0 Å². The van der Waals surface area contributed by atoms with E-state index in [9.17, 15) is 0 Å². The second-order valence-corrected chi connectivity index (χ2v) is 2.54. The molecule has 0 atom stereocenters. The van der Waals surface area contributed by atoms with Crippen LogP contribution < -0.4 is 0 Å². The van der Waals surface area contributed by atoms with Crippen molar-refractivity contribution in [3.63, 3.8) is 0 Å². The molecule has 1 heterocycles. The molecule has 1 aromatic heterocycles. The van der Waals surface area contributed by atoms with E-state index in [1.165, 1.54) is 11.3 Å². The van der Waals surface area contributed by atoms with E-state index in [4.69, 9.17) is 16.8 Å². The third-order valence-corrected chi connectivity index (χ3v) is 1.82. The first kappa shape index (κ1) is 6.58. The molecular weight excluding hydrogens is 158 g/mol. The fourth-order valence-corrected chi connectivity index (χ4v) is 1.26. The fraction of sp³-hybridized carbons (Fsp3) is 0. The van der Waals surface area contributed by atoms with Crippen molar-refractivity contribution >= 4 is 28.1 Å². The molecule has 4 heteroatoms. The summed E-state index contributed by atoms with van der Waals surface area (Å²) in [6.07, 6.45) is 0. The molecule has 0 aliphatic heterocycles. The number of halogens is 1. The van der Waals surface area contributed by atoms with Gasteiger partial charge in [-0.05, 0) is 11.4 Å². The fourth-order valence-electron chi connectivity index (χ4n) is 0.440. The van der Waals surface area contributed by atoms with E-state index in [0.29, 0.717) is 0 Å². The highest BCUT2D eigenvalue weighted by Crippen LogP contribution is 2.08. The Bertz CT molecular complexity index is 207. The Hall–Kier alpha value is -0.540. The maximum Gasteiger partial charge on any atom is 0.176 e. The third kappa shape index (κ3) is 1.43. The molecule has 0 unspecified atom stereocenters. The number of hydrogen-bond donors (Lipinski definition) is 1. The maximum absolute atomic E-state index is 8.17. The van der Waals surface area contributed by atoms with Gasteiger partial charge in [0.15, 0.2) is 5.17 Å². The average Bonchev–Trinajstić information content (AvgIpc) is 2.37. The lowest BCUT2D eigenvalue weighted by Crippen LogP contribution is -1.84. The Morgan fingerprint density at radius 1 is 1.78 bits per heavy atom. The molecule has 0 bridgehead atoms. The number of nitrogens with zero attached hydrogens (tertiary/aromatic N) is 1. The summed E-state index contributed by atoms with van der Waals surface area (Å²) in [4.78, 5) is 0. The summed E-state index contributed by atoms with van der Waals surface area (Å²) >= 11 is 6.95. The zero-order chi connectivity index (χ0) is 6.69. The maximum atomic E-state index is 8.17. The second-order valence-electron chi connectivity index (χ2n) is 1.40. The van der Waals surface area contributed by atoms with Crippen LogP contribution in [-0.4, -0.2) is 10.4 Å². The van der Waals surface area contributed by atoms with Gasteiger partial charge in [0.05, 0.1) is 0 Å². The quantitative estimate of drug-likeness (QED) is 0.382. The minimum absolute atomic E-state index is 0.135. The number of thiophene rings is 1. The largest absolute Gasteiger partial charge is 0.410 e.